The highest BCUT2D eigenvalue weighted by atomic mass is 16.5. The molecular formula is C13H17NO3. The van der Waals surface area contributed by atoms with Crippen molar-refractivity contribution in [3.05, 3.63) is 29.8 Å². The number of benzene rings is 1. The van der Waals surface area contributed by atoms with Gasteiger partial charge in [0, 0.05) is 12.2 Å². The molecule has 92 valence electrons. The fourth-order valence-corrected chi connectivity index (χ4v) is 2.12. The SMILES string of the molecule is CC1(C)COCCN1c1ccc(C(=O)O)cc1. The second-order valence-corrected chi connectivity index (χ2v) is 4.87. The minimum Gasteiger partial charge on any atom is -0.478 e. The first-order chi connectivity index (χ1) is 8.00. The molecule has 0 aliphatic carbocycles. The zero-order valence-corrected chi connectivity index (χ0v) is 10.1. The first kappa shape index (κ1) is 11.9. The van der Waals surface area contributed by atoms with Crippen molar-refractivity contribution in [3.8, 4) is 0 Å². The van der Waals surface area contributed by atoms with Crippen molar-refractivity contribution in [2.45, 2.75) is 19.4 Å². The van der Waals surface area contributed by atoms with Gasteiger partial charge in [-0.2, -0.15) is 0 Å². The number of carbonyl (C=O) groups is 1. The van der Waals surface area contributed by atoms with Gasteiger partial charge >= 0.3 is 5.97 Å². The topological polar surface area (TPSA) is 49.8 Å². The second kappa shape index (κ2) is 4.37. The molecule has 4 heteroatoms. The summed E-state index contributed by atoms with van der Waals surface area (Å²) in [6, 6.07) is 7.00. The van der Waals surface area contributed by atoms with Crippen LogP contribution in [0.4, 0.5) is 5.69 Å². The Bertz CT molecular complexity index is 411. The molecule has 1 aromatic carbocycles. The minimum absolute atomic E-state index is 0.0526. The number of hydrogen-bond donors (Lipinski definition) is 1. The number of hydrogen-bond acceptors (Lipinski definition) is 3. The van der Waals surface area contributed by atoms with E-state index in [1.165, 1.54) is 0 Å². The Morgan fingerprint density at radius 2 is 2.00 bits per heavy atom. The summed E-state index contributed by atoms with van der Waals surface area (Å²) in [7, 11) is 0. The molecule has 1 heterocycles. The average Bonchev–Trinajstić information content (AvgIpc) is 2.28. The smallest absolute Gasteiger partial charge is 0.335 e. The lowest BCUT2D eigenvalue weighted by Crippen LogP contribution is -2.53. The van der Waals surface area contributed by atoms with Crippen molar-refractivity contribution >= 4 is 11.7 Å². The zero-order chi connectivity index (χ0) is 12.5. The summed E-state index contributed by atoms with van der Waals surface area (Å²) in [6.45, 7) is 6.48. The van der Waals surface area contributed by atoms with Gasteiger partial charge in [0.2, 0.25) is 0 Å². The van der Waals surface area contributed by atoms with Crippen LogP contribution in [-0.2, 0) is 4.74 Å². The maximum Gasteiger partial charge on any atom is 0.335 e. The normalized spacial score (nSPS) is 19.1. The number of ether oxygens (including phenoxy) is 1. The van der Waals surface area contributed by atoms with E-state index in [1.807, 2.05) is 12.1 Å². The fourth-order valence-electron chi connectivity index (χ4n) is 2.12. The van der Waals surface area contributed by atoms with Crippen LogP contribution in [0.15, 0.2) is 24.3 Å². The molecule has 4 nitrogen and oxygen atoms in total. The molecule has 1 aromatic rings. The summed E-state index contributed by atoms with van der Waals surface area (Å²) in [6.07, 6.45) is 0. The van der Waals surface area contributed by atoms with Crippen LogP contribution in [0.5, 0.6) is 0 Å². The van der Waals surface area contributed by atoms with Gasteiger partial charge in [0.1, 0.15) is 0 Å². The monoisotopic (exact) mass is 235 g/mol. The van der Waals surface area contributed by atoms with Gasteiger partial charge in [-0.15, -0.1) is 0 Å². The molecule has 0 aromatic heterocycles. The largest absolute Gasteiger partial charge is 0.478 e. The summed E-state index contributed by atoms with van der Waals surface area (Å²) < 4.78 is 5.46. The molecule has 1 N–H and O–H groups in total. The molecule has 0 bridgehead atoms. The molecule has 0 radical (unpaired) electrons. The first-order valence-corrected chi connectivity index (χ1v) is 5.69. The van der Waals surface area contributed by atoms with Crippen LogP contribution in [0.3, 0.4) is 0 Å². The predicted molar refractivity (Wildman–Crippen MR) is 65.6 cm³/mol. The predicted octanol–water partition coefficient (Wildman–Crippen LogP) is 2.00. The van der Waals surface area contributed by atoms with Crippen molar-refractivity contribution in [3.63, 3.8) is 0 Å². The van der Waals surface area contributed by atoms with Crippen LogP contribution in [0.25, 0.3) is 0 Å². The Morgan fingerprint density at radius 3 is 2.53 bits per heavy atom. The lowest BCUT2D eigenvalue weighted by Gasteiger charge is -2.43. The molecule has 0 unspecified atom stereocenters. The van der Waals surface area contributed by atoms with Crippen LogP contribution in [0.2, 0.25) is 0 Å². The third-order valence-corrected chi connectivity index (χ3v) is 3.07. The van der Waals surface area contributed by atoms with Crippen molar-refractivity contribution in [2.75, 3.05) is 24.7 Å². The molecule has 0 amide bonds. The minimum atomic E-state index is -0.891. The van der Waals surface area contributed by atoms with Gasteiger partial charge in [-0.3, -0.25) is 0 Å². The zero-order valence-electron chi connectivity index (χ0n) is 10.1. The lowest BCUT2D eigenvalue weighted by molar-refractivity contribution is 0.0643. The van der Waals surface area contributed by atoms with Gasteiger partial charge in [0.05, 0.1) is 24.3 Å². The van der Waals surface area contributed by atoms with Gasteiger partial charge in [-0.25, -0.2) is 4.79 Å². The molecular weight excluding hydrogens is 218 g/mol. The molecule has 17 heavy (non-hydrogen) atoms. The number of nitrogens with zero attached hydrogens (tertiary/aromatic N) is 1. The Morgan fingerprint density at radius 1 is 1.35 bits per heavy atom. The van der Waals surface area contributed by atoms with Crippen molar-refractivity contribution < 1.29 is 14.6 Å². The molecule has 1 aliphatic heterocycles. The van der Waals surface area contributed by atoms with E-state index in [-0.39, 0.29) is 5.54 Å². The van der Waals surface area contributed by atoms with E-state index in [0.717, 1.165) is 12.2 Å². The van der Waals surface area contributed by atoms with Crippen LogP contribution < -0.4 is 4.90 Å². The summed E-state index contributed by atoms with van der Waals surface area (Å²) in [5.41, 5.74) is 1.31. The van der Waals surface area contributed by atoms with Crippen LogP contribution in [-0.4, -0.2) is 36.4 Å². The molecule has 1 fully saturated rings. The highest BCUT2D eigenvalue weighted by molar-refractivity contribution is 5.88. The third-order valence-electron chi connectivity index (χ3n) is 3.07. The van der Waals surface area contributed by atoms with E-state index in [1.54, 1.807) is 12.1 Å². The maximum atomic E-state index is 10.8. The van der Waals surface area contributed by atoms with Gasteiger partial charge < -0.3 is 14.7 Å². The van der Waals surface area contributed by atoms with E-state index in [4.69, 9.17) is 9.84 Å². The number of aromatic carboxylic acids is 1. The highest BCUT2D eigenvalue weighted by Crippen LogP contribution is 2.26. The number of carboxylic acid groups (broad SMARTS) is 1. The van der Waals surface area contributed by atoms with Gasteiger partial charge in [-0.05, 0) is 38.1 Å². The summed E-state index contributed by atoms with van der Waals surface area (Å²) in [5, 5.41) is 8.86. The molecule has 2 rings (SSSR count). The second-order valence-electron chi connectivity index (χ2n) is 4.87. The summed E-state index contributed by atoms with van der Waals surface area (Å²) in [4.78, 5) is 13.0. The Hall–Kier alpha value is -1.55. The Balaban J connectivity index is 2.24. The summed E-state index contributed by atoms with van der Waals surface area (Å²) >= 11 is 0. The maximum absolute atomic E-state index is 10.8. The average molecular weight is 235 g/mol. The number of morpholine rings is 1. The van der Waals surface area contributed by atoms with Crippen LogP contribution >= 0.6 is 0 Å². The first-order valence-electron chi connectivity index (χ1n) is 5.69. The standard InChI is InChI=1S/C13H17NO3/c1-13(2)9-17-8-7-14(13)11-5-3-10(4-6-11)12(15)16/h3-6H,7-9H2,1-2H3,(H,15,16). The van der Waals surface area contributed by atoms with Crippen LogP contribution in [0.1, 0.15) is 24.2 Å². The number of rotatable bonds is 2. The van der Waals surface area contributed by atoms with E-state index >= 15 is 0 Å². The van der Waals surface area contributed by atoms with Crippen molar-refractivity contribution in [1.29, 1.82) is 0 Å². The third kappa shape index (κ3) is 2.42. The molecule has 0 spiro atoms. The highest BCUT2D eigenvalue weighted by Gasteiger charge is 2.30. The van der Waals surface area contributed by atoms with Crippen molar-refractivity contribution in [2.24, 2.45) is 0 Å². The molecule has 1 aliphatic rings. The molecule has 0 atom stereocenters. The van der Waals surface area contributed by atoms with E-state index in [9.17, 15) is 4.79 Å². The Kier molecular flexibility index (Phi) is 3.07. The van der Waals surface area contributed by atoms with Gasteiger partial charge in [0.15, 0.2) is 0 Å². The quantitative estimate of drug-likeness (QED) is 0.851. The fraction of sp³-hybridized carbons (Fsp3) is 0.462. The summed E-state index contributed by atoms with van der Waals surface area (Å²) in [5.74, 6) is -0.891. The number of carboxylic acids is 1. The van der Waals surface area contributed by atoms with Gasteiger partial charge in [0.25, 0.3) is 0 Å². The Labute approximate surface area is 101 Å². The number of anilines is 1. The van der Waals surface area contributed by atoms with E-state index in [2.05, 4.69) is 18.7 Å². The van der Waals surface area contributed by atoms with Gasteiger partial charge in [-0.1, -0.05) is 0 Å². The molecule has 0 saturated carbocycles. The molecule has 1 saturated heterocycles. The lowest BCUT2D eigenvalue weighted by atomic mass is 10.0. The van der Waals surface area contributed by atoms with Crippen molar-refractivity contribution in [1.82, 2.24) is 0 Å². The van der Waals surface area contributed by atoms with E-state index < -0.39 is 5.97 Å². The van der Waals surface area contributed by atoms with E-state index in [0.29, 0.717) is 18.8 Å². The van der Waals surface area contributed by atoms with Crippen LogP contribution in [0, 0.1) is 0 Å².